The molecular weight excluding hydrogens is 381 g/mol. The van der Waals surface area contributed by atoms with E-state index < -0.39 is 28.7 Å². The summed E-state index contributed by atoms with van der Waals surface area (Å²) >= 11 is 0. The number of nitro groups is 1. The SMILES string of the molecule is COC(=O)CC[C@@H]1N=C(c2ccccc2F)c2cc([N+](=O)[O-])ccc2N(C)C1=O. The fourth-order valence-corrected chi connectivity index (χ4v) is 3.16. The van der Waals surface area contributed by atoms with E-state index in [1.807, 2.05) is 0 Å². The number of anilines is 1. The molecule has 1 aliphatic heterocycles. The highest BCUT2D eigenvalue weighted by molar-refractivity contribution is 6.20. The Morgan fingerprint density at radius 2 is 2.00 bits per heavy atom. The van der Waals surface area contributed by atoms with Crippen LogP contribution in [0.3, 0.4) is 0 Å². The molecule has 3 rings (SSSR count). The van der Waals surface area contributed by atoms with Gasteiger partial charge in [-0.3, -0.25) is 24.7 Å². The molecule has 8 nitrogen and oxygen atoms in total. The number of hydrogen-bond donors (Lipinski definition) is 0. The topological polar surface area (TPSA) is 102 Å². The van der Waals surface area contributed by atoms with Gasteiger partial charge >= 0.3 is 5.97 Å². The number of fused-ring (bicyclic) bond motifs is 1. The number of halogens is 1. The third kappa shape index (κ3) is 3.98. The van der Waals surface area contributed by atoms with Crippen molar-refractivity contribution < 1.29 is 23.6 Å². The van der Waals surface area contributed by atoms with Crippen LogP contribution in [0.15, 0.2) is 47.5 Å². The van der Waals surface area contributed by atoms with E-state index in [-0.39, 0.29) is 35.4 Å². The van der Waals surface area contributed by atoms with Crippen LogP contribution in [0.4, 0.5) is 15.8 Å². The zero-order chi connectivity index (χ0) is 21.1. The third-order valence-electron chi connectivity index (χ3n) is 4.69. The first-order chi connectivity index (χ1) is 13.8. The number of amides is 1. The van der Waals surface area contributed by atoms with Gasteiger partial charge in [-0.15, -0.1) is 0 Å². The van der Waals surface area contributed by atoms with Gasteiger partial charge in [-0.1, -0.05) is 12.1 Å². The van der Waals surface area contributed by atoms with Crippen LogP contribution in [0.25, 0.3) is 0 Å². The zero-order valence-corrected chi connectivity index (χ0v) is 15.8. The Morgan fingerprint density at radius 1 is 1.28 bits per heavy atom. The standard InChI is InChI=1S/C20H18FN3O5/c1-23-17-9-7-12(24(27)28)11-14(17)19(13-5-3-4-6-15(13)21)22-16(20(23)26)8-10-18(25)29-2/h3-7,9,11,16H,8,10H2,1-2H3/t16-/m0/s1. The number of rotatable bonds is 5. The molecule has 150 valence electrons. The van der Waals surface area contributed by atoms with Crippen molar-refractivity contribution in [2.75, 3.05) is 19.1 Å². The molecule has 0 aliphatic carbocycles. The first-order valence-electron chi connectivity index (χ1n) is 8.79. The lowest BCUT2D eigenvalue weighted by Crippen LogP contribution is -2.35. The van der Waals surface area contributed by atoms with Crippen LogP contribution in [0.1, 0.15) is 24.0 Å². The highest BCUT2D eigenvalue weighted by Gasteiger charge is 2.32. The van der Waals surface area contributed by atoms with Crippen molar-refractivity contribution in [2.24, 2.45) is 4.99 Å². The number of esters is 1. The molecule has 2 aromatic carbocycles. The van der Waals surface area contributed by atoms with Gasteiger partial charge in [0.15, 0.2) is 0 Å². The number of nitrogens with zero attached hydrogens (tertiary/aromatic N) is 3. The van der Waals surface area contributed by atoms with Crippen LogP contribution < -0.4 is 4.90 Å². The second kappa shape index (κ2) is 8.17. The van der Waals surface area contributed by atoms with Crippen molar-refractivity contribution >= 4 is 29.0 Å². The average molecular weight is 399 g/mol. The van der Waals surface area contributed by atoms with E-state index in [4.69, 9.17) is 0 Å². The van der Waals surface area contributed by atoms with Gasteiger partial charge in [0.1, 0.15) is 11.9 Å². The predicted molar refractivity (Wildman–Crippen MR) is 104 cm³/mol. The normalized spacial score (nSPS) is 16.0. The lowest BCUT2D eigenvalue weighted by atomic mass is 9.99. The van der Waals surface area contributed by atoms with E-state index in [0.717, 1.165) is 0 Å². The van der Waals surface area contributed by atoms with Crippen LogP contribution in [0, 0.1) is 15.9 Å². The van der Waals surface area contributed by atoms with Gasteiger partial charge in [0, 0.05) is 36.7 Å². The number of benzodiazepines with no additional fused rings is 1. The molecule has 0 fully saturated rings. The summed E-state index contributed by atoms with van der Waals surface area (Å²) in [5.74, 6) is -1.48. The number of non-ortho nitro benzene ring substituents is 1. The average Bonchev–Trinajstić information content (AvgIpc) is 2.82. The Labute approximate surface area is 165 Å². The van der Waals surface area contributed by atoms with Crippen LogP contribution in [0.2, 0.25) is 0 Å². The Balaban J connectivity index is 2.20. The van der Waals surface area contributed by atoms with Crippen molar-refractivity contribution in [2.45, 2.75) is 18.9 Å². The molecule has 0 spiro atoms. The van der Waals surface area contributed by atoms with Crippen molar-refractivity contribution in [3.8, 4) is 0 Å². The number of carbonyl (C=O) groups is 2. The molecule has 0 bridgehead atoms. The fourth-order valence-electron chi connectivity index (χ4n) is 3.16. The number of benzene rings is 2. The van der Waals surface area contributed by atoms with Gasteiger partial charge in [0.25, 0.3) is 11.6 Å². The maximum absolute atomic E-state index is 14.6. The molecule has 1 atom stereocenters. The summed E-state index contributed by atoms with van der Waals surface area (Å²) in [6, 6.07) is 8.86. The monoisotopic (exact) mass is 399 g/mol. The van der Waals surface area contributed by atoms with Crippen LogP contribution in [-0.4, -0.2) is 42.7 Å². The Morgan fingerprint density at radius 3 is 2.66 bits per heavy atom. The molecule has 0 aromatic heterocycles. The Bertz CT molecular complexity index is 1020. The molecule has 0 saturated carbocycles. The Hall–Kier alpha value is -3.62. The predicted octanol–water partition coefficient (Wildman–Crippen LogP) is 2.87. The van der Waals surface area contributed by atoms with E-state index in [1.54, 1.807) is 6.07 Å². The Kier molecular flexibility index (Phi) is 5.67. The number of methoxy groups -OCH3 is 1. The van der Waals surface area contributed by atoms with Crippen molar-refractivity contribution in [3.05, 3.63) is 69.5 Å². The van der Waals surface area contributed by atoms with E-state index in [1.165, 1.54) is 55.5 Å². The second-order valence-electron chi connectivity index (χ2n) is 6.44. The molecule has 2 aromatic rings. The zero-order valence-electron chi connectivity index (χ0n) is 15.8. The van der Waals surface area contributed by atoms with E-state index in [0.29, 0.717) is 5.69 Å². The number of nitro benzene ring substituents is 1. The smallest absolute Gasteiger partial charge is 0.305 e. The summed E-state index contributed by atoms with van der Waals surface area (Å²) in [7, 11) is 2.75. The molecule has 1 heterocycles. The number of hydrogen-bond acceptors (Lipinski definition) is 6. The maximum atomic E-state index is 14.6. The number of carbonyl (C=O) groups excluding carboxylic acids is 2. The number of likely N-dealkylation sites (N-methyl/N-ethyl adjacent to an activating group) is 1. The molecule has 9 heteroatoms. The summed E-state index contributed by atoms with van der Waals surface area (Å²) in [5.41, 5.74) is 0.653. The summed E-state index contributed by atoms with van der Waals surface area (Å²) in [5, 5.41) is 11.3. The summed E-state index contributed by atoms with van der Waals surface area (Å²) in [6.45, 7) is 0. The molecule has 29 heavy (non-hydrogen) atoms. The summed E-state index contributed by atoms with van der Waals surface area (Å²) < 4.78 is 19.2. The molecular formula is C20H18FN3O5. The molecule has 0 N–H and O–H groups in total. The fraction of sp³-hybridized carbons (Fsp3) is 0.250. The minimum atomic E-state index is -0.972. The first kappa shape index (κ1) is 20.1. The molecule has 0 unspecified atom stereocenters. The number of aliphatic imine (C=N–C) groups is 1. The lowest BCUT2D eigenvalue weighted by Gasteiger charge is -2.20. The van der Waals surface area contributed by atoms with Gasteiger partial charge in [-0.25, -0.2) is 4.39 Å². The van der Waals surface area contributed by atoms with Gasteiger partial charge in [0.2, 0.25) is 0 Å². The van der Waals surface area contributed by atoms with E-state index in [9.17, 15) is 24.1 Å². The van der Waals surface area contributed by atoms with Crippen LogP contribution in [0.5, 0.6) is 0 Å². The largest absolute Gasteiger partial charge is 0.469 e. The van der Waals surface area contributed by atoms with E-state index >= 15 is 0 Å². The van der Waals surface area contributed by atoms with Crippen molar-refractivity contribution in [3.63, 3.8) is 0 Å². The van der Waals surface area contributed by atoms with Gasteiger partial charge in [-0.2, -0.15) is 0 Å². The maximum Gasteiger partial charge on any atom is 0.305 e. The molecule has 1 amide bonds. The van der Waals surface area contributed by atoms with Crippen molar-refractivity contribution in [1.29, 1.82) is 0 Å². The lowest BCUT2D eigenvalue weighted by molar-refractivity contribution is -0.384. The first-order valence-corrected chi connectivity index (χ1v) is 8.79. The number of ether oxygens (including phenoxy) is 1. The highest BCUT2D eigenvalue weighted by Crippen LogP contribution is 2.32. The minimum Gasteiger partial charge on any atom is -0.469 e. The van der Waals surface area contributed by atoms with Crippen molar-refractivity contribution in [1.82, 2.24) is 0 Å². The second-order valence-corrected chi connectivity index (χ2v) is 6.44. The quantitative estimate of drug-likeness (QED) is 0.437. The molecule has 1 aliphatic rings. The highest BCUT2D eigenvalue weighted by atomic mass is 19.1. The van der Waals surface area contributed by atoms with Gasteiger partial charge in [-0.05, 0) is 24.6 Å². The third-order valence-corrected chi connectivity index (χ3v) is 4.69. The van der Waals surface area contributed by atoms with Crippen LogP contribution >= 0.6 is 0 Å². The minimum absolute atomic E-state index is 0.0503. The molecule has 0 radical (unpaired) electrons. The summed E-state index contributed by atoms with van der Waals surface area (Å²) in [4.78, 5) is 40.9. The van der Waals surface area contributed by atoms with Crippen LogP contribution in [-0.2, 0) is 14.3 Å². The summed E-state index contributed by atoms with van der Waals surface area (Å²) in [6.07, 6.45) is 0.00910. The molecule has 0 saturated heterocycles. The van der Waals surface area contributed by atoms with Gasteiger partial charge in [0.05, 0.1) is 23.4 Å². The van der Waals surface area contributed by atoms with Gasteiger partial charge < -0.3 is 9.64 Å². The van der Waals surface area contributed by atoms with E-state index in [2.05, 4.69) is 9.73 Å².